The van der Waals surface area contributed by atoms with Crippen molar-refractivity contribution >= 4 is 21.7 Å². The van der Waals surface area contributed by atoms with Gasteiger partial charge in [0, 0.05) is 11.6 Å². The molecule has 0 bridgehead atoms. The fourth-order valence-corrected chi connectivity index (χ4v) is 4.02. The van der Waals surface area contributed by atoms with Crippen LogP contribution in [0.25, 0.3) is 11.1 Å². The maximum Gasteiger partial charge on any atom is 0.416 e. The molecule has 12 heteroatoms. The fourth-order valence-electron chi connectivity index (χ4n) is 2.90. The summed E-state index contributed by atoms with van der Waals surface area (Å²) in [5.41, 5.74) is -2.62. The normalized spacial score (nSPS) is 11.8. The number of esters is 1. The zero-order valence-electron chi connectivity index (χ0n) is 16.6. The van der Waals surface area contributed by atoms with Crippen LogP contribution in [0.2, 0.25) is 0 Å². The number of hydrogen-bond donors (Lipinski definition) is 3. The van der Waals surface area contributed by atoms with Gasteiger partial charge >= 0.3 is 12.1 Å². The molecule has 0 aliphatic heterocycles. The van der Waals surface area contributed by atoms with E-state index in [1.807, 2.05) is 4.72 Å². The number of carbonyl (C=O) groups excluding carboxylic acids is 1. The van der Waals surface area contributed by atoms with Crippen molar-refractivity contribution in [3.8, 4) is 22.6 Å². The Morgan fingerprint density at radius 1 is 0.970 bits per heavy atom. The number of ether oxygens (including phenoxy) is 1. The Morgan fingerprint density at radius 3 is 2.27 bits per heavy atom. The van der Waals surface area contributed by atoms with Gasteiger partial charge in [-0.05, 0) is 54.1 Å². The van der Waals surface area contributed by atoms with Gasteiger partial charge in [0.25, 0.3) is 10.0 Å². The van der Waals surface area contributed by atoms with E-state index in [0.717, 1.165) is 49.6 Å². The first kappa shape index (κ1) is 23.9. The molecule has 3 aromatic rings. The van der Waals surface area contributed by atoms with Crippen molar-refractivity contribution in [1.82, 2.24) is 0 Å². The quantitative estimate of drug-likeness (QED) is 0.362. The van der Waals surface area contributed by atoms with Gasteiger partial charge in [0.15, 0.2) is 0 Å². The first-order valence-electron chi connectivity index (χ1n) is 8.97. The largest absolute Gasteiger partial charge is 0.507 e. The number of carbonyl (C=O) groups is 1. The summed E-state index contributed by atoms with van der Waals surface area (Å²) in [6.07, 6.45) is -4.95. The van der Waals surface area contributed by atoms with Gasteiger partial charge in [-0.1, -0.05) is 0 Å². The average Bonchev–Trinajstić information content (AvgIpc) is 2.73. The van der Waals surface area contributed by atoms with Crippen LogP contribution in [0.5, 0.6) is 11.5 Å². The highest BCUT2D eigenvalue weighted by atomic mass is 32.2. The highest BCUT2D eigenvalue weighted by Gasteiger charge is 2.33. The third kappa shape index (κ3) is 5.17. The molecule has 174 valence electrons. The van der Waals surface area contributed by atoms with Crippen molar-refractivity contribution in [3.05, 3.63) is 71.5 Å². The minimum atomic E-state index is -4.95. The van der Waals surface area contributed by atoms with Crippen LogP contribution < -0.4 is 4.72 Å². The number of methoxy groups -OCH3 is 1. The summed E-state index contributed by atoms with van der Waals surface area (Å²) in [5, 5.41) is 19.9. The number of sulfonamides is 1. The molecule has 3 N–H and O–H groups in total. The molecule has 0 aromatic heterocycles. The lowest BCUT2D eigenvalue weighted by atomic mass is 10.0. The Balaban J connectivity index is 2.10. The summed E-state index contributed by atoms with van der Waals surface area (Å²) < 4.78 is 86.0. The summed E-state index contributed by atoms with van der Waals surface area (Å²) >= 11 is 0. The molecule has 0 amide bonds. The summed E-state index contributed by atoms with van der Waals surface area (Å²) in [6.45, 7) is 0. The van der Waals surface area contributed by atoms with Crippen molar-refractivity contribution in [2.75, 3.05) is 11.8 Å². The summed E-state index contributed by atoms with van der Waals surface area (Å²) in [6, 6.07) is 7.36. The highest BCUT2D eigenvalue weighted by Crippen LogP contribution is 2.38. The van der Waals surface area contributed by atoms with E-state index in [-0.39, 0.29) is 16.8 Å². The molecule has 33 heavy (non-hydrogen) atoms. The SMILES string of the molecule is COC(=O)c1ccc(NS(=O)(=O)c2cc(-c3cc(F)ccc3O)cc(C(F)(F)F)c2)cc1O. The molecule has 0 spiro atoms. The van der Waals surface area contributed by atoms with Crippen LogP contribution in [0.1, 0.15) is 15.9 Å². The van der Waals surface area contributed by atoms with E-state index >= 15 is 0 Å². The number of alkyl halides is 3. The van der Waals surface area contributed by atoms with Crippen LogP contribution in [-0.4, -0.2) is 31.7 Å². The Hall–Kier alpha value is -3.80. The molecule has 0 unspecified atom stereocenters. The summed E-state index contributed by atoms with van der Waals surface area (Å²) in [7, 11) is -3.59. The second-order valence-electron chi connectivity index (χ2n) is 6.73. The molecule has 0 aliphatic rings. The molecule has 0 aliphatic carbocycles. The number of benzene rings is 3. The maximum absolute atomic E-state index is 13.6. The number of phenols is 2. The number of halogens is 4. The minimum absolute atomic E-state index is 0.257. The standard InChI is InChI=1S/C21H15F4NO6S/c1-32-20(29)16-4-3-14(10-19(16)28)26-33(30,31)15-7-11(6-12(8-15)21(23,24)25)17-9-13(22)2-5-18(17)27/h2-10,26-28H,1H3. The van der Waals surface area contributed by atoms with Crippen LogP contribution >= 0.6 is 0 Å². The van der Waals surface area contributed by atoms with E-state index in [2.05, 4.69) is 4.74 Å². The highest BCUT2D eigenvalue weighted by molar-refractivity contribution is 7.92. The van der Waals surface area contributed by atoms with E-state index in [1.54, 1.807) is 0 Å². The zero-order chi connectivity index (χ0) is 24.6. The van der Waals surface area contributed by atoms with Crippen molar-refractivity contribution < 1.29 is 45.7 Å². The van der Waals surface area contributed by atoms with Crippen molar-refractivity contribution in [2.24, 2.45) is 0 Å². The second-order valence-corrected chi connectivity index (χ2v) is 8.42. The molecule has 0 radical (unpaired) electrons. The smallest absolute Gasteiger partial charge is 0.416 e. The van der Waals surface area contributed by atoms with Crippen LogP contribution in [0.4, 0.5) is 23.2 Å². The number of rotatable bonds is 5. The van der Waals surface area contributed by atoms with Gasteiger partial charge in [0.1, 0.15) is 22.9 Å². The van der Waals surface area contributed by atoms with Gasteiger partial charge in [-0.2, -0.15) is 13.2 Å². The molecule has 3 aromatic carbocycles. The van der Waals surface area contributed by atoms with Crippen LogP contribution in [0, 0.1) is 5.82 Å². The molecular formula is C21H15F4NO6S. The number of hydrogen-bond acceptors (Lipinski definition) is 6. The summed E-state index contributed by atoms with van der Waals surface area (Å²) in [5.74, 6) is -2.94. The number of phenolic OH excluding ortho intramolecular Hbond substituents is 2. The first-order chi connectivity index (χ1) is 15.3. The lowest BCUT2D eigenvalue weighted by Gasteiger charge is -2.15. The van der Waals surface area contributed by atoms with E-state index in [9.17, 15) is 41.0 Å². The van der Waals surface area contributed by atoms with E-state index < -0.39 is 55.5 Å². The van der Waals surface area contributed by atoms with Crippen molar-refractivity contribution in [3.63, 3.8) is 0 Å². The fraction of sp³-hybridized carbons (Fsp3) is 0.0952. The van der Waals surface area contributed by atoms with Gasteiger partial charge < -0.3 is 14.9 Å². The third-order valence-electron chi connectivity index (χ3n) is 4.47. The van der Waals surface area contributed by atoms with Gasteiger partial charge in [-0.15, -0.1) is 0 Å². The van der Waals surface area contributed by atoms with E-state index in [1.165, 1.54) is 0 Å². The molecule has 0 atom stereocenters. The predicted octanol–water partition coefficient (Wildman–Crippen LogP) is 4.51. The maximum atomic E-state index is 13.6. The molecule has 0 saturated heterocycles. The van der Waals surface area contributed by atoms with Gasteiger partial charge in [-0.3, -0.25) is 4.72 Å². The molecule has 7 nitrogen and oxygen atoms in total. The van der Waals surface area contributed by atoms with Crippen LogP contribution in [0.3, 0.4) is 0 Å². The lowest BCUT2D eigenvalue weighted by Crippen LogP contribution is -2.15. The van der Waals surface area contributed by atoms with E-state index in [4.69, 9.17) is 0 Å². The Labute approximate surface area is 184 Å². The second kappa shape index (κ2) is 8.62. The van der Waals surface area contributed by atoms with Crippen LogP contribution in [0.15, 0.2) is 59.5 Å². The molecule has 0 saturated carbocycles. The van der Waals surface area contributed by atoms with Crippen LogP contribution in [-0.2, 0) is 20.9 Å². The van der Waals surface area contributed by atoms with E-state index in [0.29, 0.717) is 12.1 Å². The predicted molar refractivity (Wildman–Crippen MR) is 109 cm³/mol. The molecule has 3 rings (SSSR count). The Bertz CT molecular complexity index is 1340. The number of aromatic hydroxyl groups is 2. The lowest BCUT2D eigenvalue weighted by molar-refractivity contribution is -0.137. The monoisotopic (exact) mass is 485 g/mol. The Morgan fingerprint density at radius 2 is 1.67 bits per heavy atom. The third-order valence-corrected chi connectivity index (χ3v) is 5.83. The summed E-state index contributed by atoms with van der Waals surface area (Å²) in [4.78, 5) is 10.7. The molecular weight excluding hydrogens is 470 g/mol. The molecule has 0 fully saturated rings. The Kier molecular flexibility index (Phi) is 6.23. The minimum Gasteiger partial charge on any atom is -0.507 e. The van der Waals surface area contributed by atoms with Crippen molar-refractivity contribution in [2.45, 2.75) is 11.1 Å². The topological polar surface area (TPSA) is 113 Å². The average molecular weight is 485 g/mol. The van der Waals surface area contributed by atoms with Crippen molar-refractivity contribution in [1.29, 1.82) is 0 Å². The first-order valence-corrected chi connectivity index (χ1v) is 10.5. The number of nitrogens with one attached hydrogen (secondary N) is 1. The van der Waals surface area contributed by atoms with Gasteiger partial charge in [-0.25, -0.2) is 17.6 Å². The zero-order valence-corrected chi connectivity index (χ0v) is 17.5. The number of anilines is 1. The van der Waals surface area contributed by atoms with Gasteiger partial charge in [0.2, 0.25) is 0 Å². The van der Waals surface area contributed by atoms with Gasteiger partial charge in [0.05, 0.1) is 23.3 Å². The molecule has 0 heterocycles.